The molecule has 0 fully saturated rings. The highest BCUT2D eigenvalue weighted by atomic mass is 16.3. The smallest absolute Gasteiger partial charge is 0.164 e. The van der Waals surface area contributed by atoms with Gasteiger partial charge in [0.25, 0.3) is 0 Å². The van der Waals surface area contributed by atoms with E-state index in [-0.39, 0.29) is 0 Å². The Kier molecular flexibility index (Phi) is 9.78. The quantitative estimate of drug-likeness (QED) is 0.152. The van der Waals surface area contributed by atoms with Crippen LogP contribution in [-0.2, 0) is 0 Å². The molecule has 0 amide bonds. The summed E-state index contributed by atoms with van der Waals surface area (Å²) in [6.45, 7) is 0. The minimum absolute atomic E-state index is 0.524. The van der Waals surface area contributed by atoms with Gasteiger partial charge in [0.15, 0.2) is 17.5 Å². The highest BCUT2D eigenvalue weighted by molar-refractivity contribution is 6.18. The SMILES string of the molecule is c1ccc(-c2cc(-c3nc(-c4ccc5c(c4)oc4ccccc45)nc(-c4ccc5c(c4)oc4ccccc45)n3)cc(-c3ccccc3)c2-n2c3c(-c4ccccc4)cccc3c3cccc(-c4ccccc4)c32)cc1. The van der Waals surface area contributed by atoms with Gasteiger partial charge in [-0.2, -0.15) is 0 Å². The number of benzene rings is 11. The van der Waals surface area contributed by atoms with Gasteiger partial charge in [0.1, 0.15) is 22.3 Å². The molecule has 6 nitrogen and oxygen atoms in total. The van der Waals surface area contributed by atoms with Crippen molar-refractivity contribution >= 4 is 65.7 Å². The van der Waals surface area contributed by atoms with Gasteiger partial charge >= 0.3 is 0 Å². The summed E-state index contributed by atoms with van der Waals surface area (Å²) in [5.74, 6) is 1.58. The van der Waals surface area contributed by atoms with Gasteiger partial charge in [-0.25, -0.2) is 15.0 Å². The third-order valence-corrected chi connectivity index (χ3v) is 14.6. The summed E-state index contributed by atoms with van der Waals surface area (Å²) in [4.78, 5) is 16.1. The van der Waals surface area contributed by atoms with Crippen molar-refractivity contribution in [3.8, 4) is 84.4 Å². The molecule has 350 valence electrons. The minimum atomic E-state index is 0.524. The average molecular weight is 959 g/mol. The van der Waals surface area contributed by atoms with Crippen LogP contribution in [0, 0.1) is 0 Å². The molecule has 15 aromatic rings. The van der Waals surface area contributed by atoms with Crippen LogP contribution in [0.15, 0.2) is 264 Å². The second kappa shape index (κ2) is 17.3. The Hall–Kier alpha value is -10.2. The van der Waals surface area contributed by atoms with Crippen molar-refractivity contribution in [2.24, 2.45) is 0 Å². The minimum Gasteiger partial charge on any atom is -0.456 e. The van der Waals surface area contributed by atoms with Crippen LogP contribution in [0.2, 0.25) is 0 Å². The number of para-hydroxylation sites is 4. The van der Waals surface area contributed by atoms with Crippen molar-refractivity contribution in [2.45, 2.75) is 0 Å². The molecule has 0 radical (unpaired) electrons. The average Bonchev–Trinajstić information content (AvgIpc) is 4.18. The van der Waals surface area contributed by atoms with E-state index in [1.165, 1.54) is 10.8 Å². The van der Waals surface area contributed by atoms with Gasteiger partial charge in [0.05, 0.1) is 16.7 Å². The zero-order valence-electron chi connectivity index (χ0n) is 40.4. The molecule has 0 atom stereocenters. The van der Waals surface area contributed by atoms with Gasteiger partial charge in [-0.15, -0.1) is 0 Å². The highest BCUT2D eigenvalue weighted by Crippen LogP contribution is 2.48. The standard InChI is InChI=1S/C69H42N4O2/c1-5-19-43(20-6-1)50-29-17-31-56-57-32-18-30-51(44-21-7-2-8-22-44)65(57)73(64(50)56)66-58(45-23-9-3-10-24-45)39-49(40-59(66)46-25-11-4-12-26-46)69-71-67(47-35-37-54-52-27-13-15-33-60(52)74-62(54)41-47)70-68(72-69)48-36-38-55-53-28-14-16-34-61(53)75-63(55)42-48/h1-42H. The molecular formula is C69H42N4O2. The van der Waals surface area contributed by atoms with Gasteiger partial charge in [0.2, 0.25) is 0 Å². The first kappa shape index (κ1) is 42.5. The lowest BCUT2D eigenvalue weighted by Gasteiger charge is -2.22. The van der Waals surface area contributed by atoms with Crippen LogP contribution in [0.5, 0.6) is 0 Å². The second-order valence-corrected chi connectivity index (χ2v) is 19.0. The number of furan rings is 2. The first-order valence-corrected chi connectivity index (χ1v) is 25.2. The molecule has 6 heteroatoms. The van der Waals surface area contributed by atoms with Gasteiger partial charge in [-0.1, -0.05) is 206 Å². The Bertz CT molecular complexity index is 4400. The molecule has 4 aromatic heterocycles. The normalized spacial score (nSPS) is 11.7. The molecule has 4 heterocycles. The summed E-state index contributed by atoms with van der Waals surface area (Å²) in [7, 11) is 0. The van der Waals surface area contributed by atoms with E-state index >= 15 is 0 Å². The number of nitrogens with zero attached hydrogens (tertiary/aromatic N) is 4. The Morgan fingerprint density at radius 1 is 0.240 bits per heavy atom. The van der Waals surface area contributed by atoms with Crippen LogP contribution in [0.3, 0.4) is 0 Å². The molecule has 0 unspecified atom stereocenters. The number of hydrogen-bond donors (Lipinski definition) is 0. The summed E-state index contributed by atoms with van der Waals surface area (Å²) in [5, 5.41) is 6.53. The third-order valence-electron chi connectivity index (χ3n) is 14.6. The van der Waals surface area contributed by atoms with Crippen LogP contribution in [0.4, 0.5) is 0 Å². The van der Waals surface area contributed by atoms with Crippen molar-refractivity contribution in [2.75, 3.05) is 0 Å². The topological polar surface area (TPSA) is 69.9 Å². The van der Waals surface area contributed by atoms with Gasteiger partial charge in [-0.3, -0.25) is 0 Å². The van der Waals surface area contributed by atoms with E-state index in [0.29, 0.717) is 17.5 Å². The van der Waals surface area contributed by atoms with Gasteiger partial charge in [-0.05, 0) is 70.8 Å². The molecule has 11 aromatic carbocycles. The Labute approximate surface area is 431 Å². The lowest BCUT2D eigenvalue weighted by Crippen LogP contribution is -2.05. The maximum Gasteiger partial charge on any atom is 0.164 e. The lowest BCUT2D eigenvalue weighted by atomic mass is 9.92. The second-order valence-electron chi connectivity index (χ2n) is 19.0. The van der Waals surface area contributed by atoms with E-state index in [0.717, 1.165) is 122 Å². The molecular weight excluding hydrogens is 917 g/mol. The molecule has 0 spiro atoms. The number of fused-ring (bicyclic) bond motifs is 9. The Morgan fingerprint density at radius 3 is 1.01 bits per heavy atom. The van der Waals surface area contributed by atoms with E-state index in [9.17, 15) is 0 Å². The summed E-state index contributed by atoms with van der Waals surface area (Å²) in [6, 6.07) is 89.7. The maximum absolute atomic E-state index is 6.45. The van der Waals surface area contributed by atoms with Crippen molar-refractivity contribution < 1.29 is 8.83 Å². The summed E-state index contributed by atoms with van der Waals surface area (Å²) in [6.07, 6.45) is 0. The van der Waals surface area contributed by atoms with Crippen molar-refractivity contribution in [3.05, 3.63) is 255 Å². The molecule has 75 heavy (non-hydrogen) atoms. The zero-order chi connectivity index (χ0) is 49.4. The van der Waals surface area contributed by atoms with E-state index < -0.39 is 0 Å². The van der Waals surface area contributed by atoms with Crippen LogP contribution in [0.1, 0.15) is 0 Å². The Balaban J connectivity index is 1.05. The molecule has 0 aliphatic carbocycles. The third kappa shape index (κ3) is 7.07. The predicted octanol–water partition coefficient (Wildman–Crippen LogP) is 18.4. The molecule has 0 aliphatic heterocycles. The van der Waals surface area contributed by atoms with Crippen molar-refractivity contribution in [1.29, 1.82) is 0 Å². The monoisotopic (exact) mass is 958 g/mol. The fourth-order valence-corrected chi connectivity index (χ4v) is 11.2. The van der Waals surface area contributed by atoms with Gasteiger partial charge in [0, 0.05) is 71.3 Å². The fourth-order valence-electron chi connectivity index (χ4n) is 11.2. The molecule has 15 rings (SSSR count). The van der Waals surface area contributed by atoms with Crippen LogP contribution >= 0.6 is 0 Å². The van der Waals surface area contributed by atoms with Gasteiger partial charge < -0.3 is 13.4 Å². The maximum atomic E-state index is 6.45. The van der Waals surface area contributed by atoms with Crippen molar-refractivity contribution in [3.63, 3.8) is 0 Å². The van der Waals surface area contributed by atoms with E-state index in [1.54, 1.807) is 0 Å². The molecule has 0 N–H and O–H groups in total. The Morgan fingerprint density at radius 2 is 0.587 bits per heavy atom. The van der Waals surface area contributed by atoms with Crippen LogP contribution < -0.4 is 0 Å². The molecule has 0 saturated carbocycles. The number of rotatable bonds is 8. The highest BCUT2D eigenvalue weighted by Gasteiger charge is 2.26. The first-order valence-electron chi connectivity index (χ1n) is 25.2. The molecule has 0 aliphatic rings. The van der Waals surface area contributed by atoms with Crippen LogP contribution in [0.25, 0.3) is 150 Å². The van der Waals surface area contributed by atoms with E-state index in [2.05, 4.69) is 211 Å². The van der Waals surface area contributed by atoms with Crippen LogP contribution in [-0.4, -0.2) is 19.5 Å². The zero-order valence-corrected chi connectivity index (χ0v) is 40.4. The number of aromatic nitrogens is 4. The van der Waals surface area contributed by atoms with E-state index in [4.69, 9.17) is 23.8 Å². The summed E-state index contributed by atoms with van der Waals surface area (Å²) < 4.78 is 15.4. The lowest BCUT2D eigenvalue weighted by molar-refractivity contribution is 0.668. The predicted molar refractivity (Wildman–Crippen MR) is 307 cm³/mol. The fraction of sp³-hybridized carbons (Fsp3) is 0. The summed E-state index contributed by atoms with van der Waals surface area (Å²) >= 11 is 0. The number of hydrogen-bond acceptors (Lipinski definition) is 5. The largest absolute Gasteiger partial charge is 0.456 e. The molecule has 0 saturated heterocycles. The summed E-state index contributed by atoms with van der Waals surface area (Å²) in [5.41, 5.74) is 17.6. The van der Waals surface area contributed by atoms with E-state index in [1.807, 2.05) is 48.5 Å². The van der Waals surface area contributed by atoms with Crippen molar-refractivity contribution in [1.82, 2.24) is 19.5 Å². The first-order chi connectivity index (χ1) is 37.2. The molecule has 0 bridgehead atoms.